The Morgan fingerprint density at radius 3 is 2.58 bits per heavy atom. The summed E-state index contributed by atoms with van der Waals surface area (Å²) in [5.74, 6) is -0.202. The number of hydrogen-bond acceptors (Lipinski definition) is 3. The van der Waals surface area contributed by atoms with E-state index in [0.29, 0.717) is 13.1 Å². The van der Waals surface area contributed by atoms with Crippen molar-refractivity contribution in [2.45, 2.75) is 17.7 Å². The Morgan fingerprint density at radius 2 is 1.88 bits per heavy atom. The molecule has 1 atom stereocenters. The standard InChI is InChI=1S/C17H17Cl2NO3S/c18-14-9-15(19)17(21)16(10-14)24(22,23)20-7-6-13(11-20)8-12-4-2-1-3-5-12/h1-5,9-10,13,21H,6-8,11H2. The maximum absolute atomic E-state index is 12.8. The average molecular weight is 386 g/mol. The Balaban J connectivity index is 1.80. The van der Waals surface area contributed by atoms with E-state index in [2.05, 4.69) is 0 Å². The van der Waals surface area contributed by atoms with Gasteiger partial charge in [0.15, 0.2) is 5.75 Å². The second-order valence-electron chi connectivity index (χ2n) is 5.94. The number of phenolic OH excluding ortho intramolecular Hbond substituents is 1. The van der Waals surface area contributed by atoms with Gasteiger partial charge >= 0.3 is 0 Å². The number of phenols is 1. The first kappa shape index (κ1) is 17.5. The van der Waals surface area contributed by atoms with Crippen LogP contribution >= 0.6 is 23.2 Å². The number of nitrogens with zero attached hydrogens (tertiary/aromatic N) is 1. The first-order valence-electron chi connectivity index (χ1n) is 7.60. The van der Waals surface area contributed by atoms with Gasteiger partial charge in [-0.2, -0.15) is 4.31 Å². The Bertz CT molecular complexity index is 840. The maximum atomic E-state index is 12.8. The van der Waals surface area contributed by atoms with Gasteiger partial charge in [0.05, 0.1) is 5.02 Å². The molecule has 1 saturated heterocycles. The van der Waals surface area contributed by atoms with Crippen LogP contribution in [0.1, 0.15) is 12.0 Å². The monoisotopic (exact) mass is 385 g/mol. The van der Waals surface area contributed by atoms with Crippen LogP contribution < -0.4 is 0 Å². The summed E-state index contributed by atoms with van der Waals surface area (Å²) in [6, 6.07) is 12.6. The molecule has 0 radical (unpaired) electrons. The normalized spacial score (nSPS) is 18.8. The predicted molar refractivity (Wildman–Crippen MR) is 95.1 cm³/mol. The topological polar surface area (TPSA) is 57.6 Å². The highest BCUT2D eigenvalue weighted by Gasteiger charge is 2.34. The minimum atomic E-state index is -3.83. The molecule has 1 heterocycles. The molecule has 0 aromatic heterocycles. The molecule has 7 heteroatoms. The van der Waals surface area contributed by atoms with Crippen LogP contribution in [-0.2, 0) is 16.4 Å². The average Bonchev–Trinajstić information content (AvgIpc) is 3.01. The highest BCUT2D eigenvalue weighted by atomic mass is 35.5. The van der Waals surface area contributed by atoms with Gasteiger partial charge in [-0.25, -0.2) is 8.42 Å². The van der Waals surface area contributed by atoms with E-state index in [-0.39, 0.29) is 20.9 Å². The number of hydrogen-bond donors (Lipinski definition) is 1. The van der Waals surface area contributed by atoms with Crippen LogP contribution in [0.3, 0.4) is 0 Å². The fourth-order valence-corrected chi connectivity index (χ4v) is 5.28. The number of benzene rings is 2. The summed E-state index contributed by atoms with van der Waals surface area (Å²) in [7, 11) is -3.83. The van der Waals surface area contributed by atoms with Crippen molar-refractivity contribution < 1.29 is 13.5 Å². The lowest BCUT2D eigenvalue weighted by Crippen LogP contribution is -2.29. The van der Waals surface area contributed by atoms with Gasteiger partial charge in [-0.1, -0.05) is 53.5 Å². The fourth-order valence-electron chi connectivity index (χ4n) is 3.01. The van der Waals surface area contributed by atoms with Gasteiger partial charge in [-0.05, 0) is 36.5 Å². The van der Waals surface area contributed by atoms with Crippen LogP contribution in [0.25, 0.3) is 0 Å². The van der Waals surface area contributed by atoms with Gasteiger partial charge in [0.1, 0.15) is 4.90 Å². The van der Waals surface area contributed by atoms with Gasteiger partial charge in [0.25, 0.3) is 0 Å². The van der Waals surface area contributed by atoms with E-state index in [1.54, 1.807) is 0 Å². The maximum Gasteiger partial charge on any atom is 0.246 e. The minimum absolute atomic E-state index is 0.0684. The van der Waals surface area contributed by atoms with Crippen LogP contribution in [0.5, 0.6) is 5.75 Å². The lowest BCUT2D eigenvalue weighted by molar-refractivity contribution is 0.436. The minimum Gasteiger partial charge on any atom is -0.505 e. The molecular formula is C17H17Cl2NO3S. The molecule has 0 aliphatic carbocycles. The van der Waals surface area contributed by atoms with Crippen molar-refractivity contribution in [3.05, 3.63) is 58.1 Å². The lowest BCUT2D eigenvalue weighted by Gasteiger charge is -2.18. The summed E-state index contributed by atoms with van der Waals surface area (Å²) < 4.78 is 27.0. The number of aromatic hydroxyl groups is 1. The summed E-state index contributed by atoms with van der Waals surface area (Å²) in [6.07, 6.45) is 1.61. The van der Waals surface area contributed by atoms with E-state index in [0.717, 1.165) is 12.8 Å². The lowest BCUT2D eigenvalue weighted by atomic mass is 9.99. The quantitative estimate of drug-likeness (QED) is 0.866. The summed E-state index contributed by atoms with van der Waals surface area (Å²) in [5.41, 5.74) is 1.19. The third-order valence-electron chi connectivity index (χ3n) is 4.23. The van der Waals surface area contributed by atoms with Crippen LogP contribution in [0.4, 0.5) is 0 Å². The Hall–Kier alpha value is -1.27. The predicted octanol–water partition coefficient (Wildman–Crippen LogP) is 3.95. The van der Waals surface area contributed by atoms with Gasteiger partial charge in [0.2, 0.25) is 10.0 Å². The molecule has 4 nitrogen and oxygen atoms in total. The van der Waals surface area contributed by atoms with E-state index in [1.165, 1.54) is 22.0 Å². The Kier molecular flexibility index (Phi) is 5.06. The summed E-state index contributed by atoms with van der Waals surface area (Å²) in [4.78, 5) is -0.236. The zero-order valence-corrected chi connectivity index (χ0v) is 15.2. The molecule has 1 N–H and O–H groups in total. The molecular weight excluding hydrogens is 369 g/mol. The van der Waals surface area contributed by atoms with Crippen molar-refractivity contribution in [3.63, 3.8) is 0 Å². The zero-order valence-electron chi connectivity index (χ0n) is 12.8. The van der Waals surface area contributed by atoms with Crippen molar-refractivity contribution >= 4 is 33.2 Å². The Morgan fingerprint density at radius 1 is 1.17 bits per heavy atom. The van der Waals surface area contributed by atoms with E-state index in [4.69, 9.17) is 23.2 Å². The van der Waals surface area contributed by atoms with Crippen molar-refractivity contribution in [2.24, 2.45) is 5.92 Å². The van der Waals surface area contributed by atoms with Crippen molar-refractivity contribution in [2.75, 3.05) is 13.1 Å². The van der Waals surface area contributed by atoms with Gasteiger partial charge in [0, 0.05) is 18.1 Å². The van der Waals surface area contributed by atoms with Gasteiger partial charge in [-0.3, -0.25) is 0 Å². The van der Waals surface area contributed by atoms with E-state index in [1.807, 2.05) is 30.3 Å². The number of sulfonamides is 1. The van der Waals surface area contributed by atoms with E-state index < -0.39 is 15.8 Å². The van der Waals surface area contributed by atoms with Crippen LogP contribution in [-0.4, -0.2) is 30.9 Å². The molecule has 0 bridgehead atoms. The molecule has 0 amide bonds. The molecule has 0 spiro atoms. The summed E-state index contributed by atoms with van der Waals surface area (Å²) in [6.45, 7) is 0.838. The van der Waals surface area contributed by atoms with Gasteiger partial charge < -0.3 is 5.11 Å². The molecule has 2 aromatic rings. The zero-order chi connectivity index (χ0) is 17.3. The molecule has 1 aliphatic heterocycles. The smallest absolute Gasteiger partial charge is 0.246 e. The molecule has 128 valence electrons. The highest BCUT2D eigenvalue weighted by Crippen LogP contribution is 2.37. The number of halogens is 2. The first-order chi connectivity index (χ1) is 11.4. The van der Waals surface area contributed by atoms with E-state index in [9.17, 15) is 13.5 Å². The molecule has 2 aromatic carbocycles. The molecule has 3 rings (SSSR count). The fraction of sp³-hybridized carbons (Fsp3) is 0.294. The van der Waals surface area contributed by atoms with Crippen molar-refractivity contribution in [3.8, 4) is 5.75 Å². The third-order valence-corrected chi connectivity index (χ3v) is 6.61. The summed E-state index contributed by atoms with van der Waals surface area (Å²) >= 11 is 11.7. The van der Waals surface area contributed by atoms with Crippen LogP contribution in [0, 0.1) is 5.92 Å². The van der Waals surface area contributed by atoms with Crippen molar-refractivity contribution in [1.82, 2.24) is 4.31 Å². The molecule has 0 saturated carbocycles. The van der Waals surface area contributed by atoms with Crippen LogP contribution in [0.15, 0.2) is 47.4 Å². The number of rotatable bonds is 4. The van der Waals surface area contributed by atoms with Crippen molar-refractivity contribution in [1.29, 1.82) is 0 Å². The third kappa shape index (κ3) is 3.54. The highest BCUT2D eigenvalue weighted by molar-refractivity contribution is 7.89. The second kappa shape index (κ2) is 6.92. The molecule has 24 heavy (non-hydrogen) atoms. The SMILES string of the molecule is O=S(=O)(c1cc(Cl)cc(Cl)c1O)N1CCC(Cc2ccccc2)C1. The summed E-state index contributed by atoms with van der Waals surface area (Å²) in [5, 5.41) is 10.1. The first-order valence-corrected chi connectivity index (χ1v) is 9.79. The molecule has 1 fully saturated rings. The molecule has 1 unspecified atom stereocenters. The largest absolute Gasteiger partial charge is 0.505 e. The molecule has 1 aliphatic rings. The Labute approximate surface area is 151 Å². The van der Waals surface area contributed by atoms with Gasteiger partial charge in [-0.15, -0.1) is 0 Å². The van der Waals surface area contributed by atoms with E-state index >= 15 is 0 Å². The second-order valence-corrected chi connectivity index (χ2v) is 8.69. The van der Waals surface area contributed by atoms with Crippen LogP contribution in [0.2, 0.25) is 10.0 Å².